The number of ether oxygens (including phenoxy) is 2. The SMILES string of the molecule is CCOCC(O)COC(=O)CCC(C)C. The van der Waals surface area contributed by atoms with Crippen molar-refractivity contribution in [2.24, 2.45) is 5.92 Å². The maximum Gasteiger partial charge on any atom is 0.305 e. The molecule has 1 N–H and O–H groups in total. The third-order valence-electron chi connectivity index (χ3n) is 1.88. The van der Waals surface area contributed by atoms with Gasteiger partial charge < -0.3 is 14.6 Å². The van der Waals surface area contributed by atoms with Crippen LogP contribution in [0.5, 0.6) is 0 Å². The minimum absolute atomic E-state index is 0.0247. The smallest absolute Gasteiger partial charge is 0.305 e. The Morgan fingerprint density at radius 2 is 2.00 bits per heavy atom. The molecule has 0 aliphatic carbocycles. The largest absolute Gasteiger partial charge is 0.463 e. The highest BCUT2D eigenvalue weighted by atomic mass is 16.5. The molecule has 0 aliphatic heterocycles. The Balaban J connectivity index is 3.44. The molecular weight excluding hydrogens is 196 g/mol. The van der Waals surface area contributed by atoms with Crippen LogP contribution in [-0.4, -0.2) is 37.0 Å². The summed E-state index contributed by atoms with van der Waals surface area (Å²) in [6.45, 7) is 6.75. The van der Waals surface area contributed by atoms with Crippen molar-refractivity contribution in [3.8, 4) is 0 Å². The van der Waals surface area contributed by atoms with Gasteiger partial charge in [-0.2, -0.15) is 0 Å². The van der Waals surface area contributed by atoms with Crippen LogP contribution in [0.25, 0.3) is 0 Å². The van der Waals surface area contributed by atoms with Crippen LogP contribution >= 0.6 is 0 Å². The average molecular weight is 218 g/mol. The number of carbonyl (C=O) groups excluding carboxylic acids is 1. The number of rotatable bonds is 8. The molecule has 0 aromatic heterocycles. The van der Waals surface area contributed by atoms with Crippen molar-refractivity contribution in [1.29, 1.82) is 0 Å². The summed E-state index contributed by atoms with van der Waals surface area (Å²) in [4.78, 5) is 11.2. The van der Waals surface area contributed by atoms with Crippen molar-refractivity contribution in [3.05, 3.63) is 0 Å². The zero-order chi connectivity index (χ0) is 11.7. The highest BCUT2D eigenvalue weighted by Crippen LogP contribution is 2.04. The maximum absolute atomic E-state index is 11.2. The molecule has 4 nitrogen and oxygen atoms in total. The lowest BCUT2D eigenvalue weighted by Crippen LogP contribution is -2.23. The monoisotopic (exact) mass is 218 g/mol. The van der Waals surface area contributed by atoms with Crippen molar-refractivity contribution in [1.82, 2.24) is 0 Å². The molecule has 0 aromatic rings. The summed E-state index contributed by atoms with van der Waals surface area (Å²) in [6.07, 6.45) is 0.521. The topological polar surface area (TPSA) is 55.8 Å². The van der Waals surface area contributed by atoms with Crippen LogP contribution in [0.3, 0.4) is 0 Å². The molecule has 0 saturated carbocycles. The molecule has 0 aliphatic rings. The Morgan fingerprint density at radius 1 is 1.33 bits per heavy atom. The number of hydrogen-bond acceptors (Lipinski definition) is 4. The van der Waals surface area contributed by atoms with Crippen molar-refractivity contribution in [2.75, 3.05) is 19.8 Å². The van der Waals surface area contributed by atoms with Crippen LogP contribution in [0.15, 0.2) is 0 Å². The van der Waals surface area contributed by atoms with Gasteiger partial charge in [0.15, 0.2) is 0 Å². The first-order chi connectivity index (χ1) is 7.06. The van der Waals surface area contributed by atoms with Crippen molar-refractivity contribution >= 4 is 5.97 Å². The first kappa shape index (κ1) is 14.4. The van der Waals surface area contributed by atoms with Crippen LogP contribution < -0.4 is 0 Å². The molecule has 0 aromatic carbocycles. The molecule has 0 amide bonds. The van der Waals surface area contributed by atoms with E-state index in [0.29, 0.717) is 18.9 Å². The molecule has 0 saturated heterocycles. The van der Waals surface area contributed by atoms with E-state index in [-0.39, 0.29) is 19.2 Å². The first-order valence-electron chi connectivity index (χ1n) is 5.47. The van der Waals surface area contributed by atoms with Crippen LogP contribution in [0, 0.1) is 5.92 Å². The molecule has 1 unspecified atom stereocenters. The maximum atomic E-state index is 11.2. The van der Waals surface area contributed by atoms with Gasteiger partial charge in [0.1, 0.15) is 12.7 Å². The van der Waals surface area contributed by atoms with Gasteiger partial charge in [0.2, 0.25) is 0 Å². The van der Waals surface area contributed by atoms with E-state index in [1.165, 1.54) is 0 Å². The highest BCUT2D eigenvalue weighted by molar-refractivity contribution is 5.69. The molecule has 0 radical (unpaired) electrons. The Kier molecular flexibility index (Phi) is 8.33. The van der Waals surface area contributed by atoms with Gasteiger partial charge in [-0.3, -0.25) is 4.79 Å². The minimum atomic E-state index is -0.715. The molecule has 0 spiro atoms. The van der Waals surface area contributed by atoms with Gasteiger partial charge >= 0.3 is 5.97 Å². The fourth-order valence-electron chi connectivity index (χ4n) is 0.970. The Morgan fingerprint density at radius 3 is 2.53 bits per heavy atom. The zero-order valence-corrected chi connectivity index (χ0v) is 9.86. The van der Waals surface area contributed by atoms with E-state index >= 15 is 0 Å². The van der Waals surface area contributed by atoms with Gasteiger partial charge in [0, 0.05) is 13.0 Å². The summed E-state index contributed by atoms with van der Waals surface area (Å²) >= 11 is 0. The number of aliphatic hydroxyl groups is 1. The predicted octanol–water partition coefficient (Wildman–Crippen LogP) is 1.36. The fraction of sp³-hybridized carbons (Fsp3) is 0.909. The van der Waals surface area contributed by atoms with E-state index in [4.69, 9.17) is 9.47 Å². The lowest BCUT2D eigenvalue weighted by atomic mass is 10.1. The molecule has 1 atom stereocenters. The van der Waals surface area contributed by atoms with Gasteiger partial charge in [-0.15, -0.1) is 0 Å². The van der Waals surface area contributed by atoms with Crippen molar-refractivity contribution < 1.29 is 19.4 Å². The second kappa shape index (κ2) is 8.68. The Bertz CT molecular complexity index is 168. The molecule has 4 heteroatoms. The van der Waals surface area contributed by atoms with Crippen molar-refractivity contribution in [3.63, 3.8) is 0 Å². The summed E-state index contributed by atoms with van der Waals surface area (Å²) in [6, 6.07) is 0. The van der Waals surface area contributed by atoms with Crippen LogP contribution in [-0.2, 0) is 14.3 Å². The number of aliphatic hydroxyl groups excluding tert-OH is 1. The van der Waals surface area contributed by atoms with E-state index in [1.54, 1.807) is 0 Å². The zero-order valence-electron chi connectivity index (χ0n) is 9.86. The summed E-state index contributed by atoms with van der Waals surface area (Å²) in [5, 5.41) is 9.30. The van der Waals surface area contributed by atoms with Gasteiger partial charge in [-0.05, 0) is 19.3 Å². The average Bonchev–Trinajstić information content (AvgIpc) is 2.20. The van der Waals surface area contributed by atoms with E-state index < -0.39 is 6.10 Å². The lowest BCUT2D eigenvalue weighted by molar-refractivity contribution is -0.148. The molecule has 0 rings (SSSR count). The molecule has 0 fully saturated rings. The van der Waals surface area contributed by atoms with E-state index in [2.05, 4.69) is 13.8 Å². The Labute approximate surface area is 91.6 Å². The Hall–Kier alpha value is -0.610. The molecule has 0 bridgehead atoms. The summed E-state index contributed by atoms with van der Waals surface area (Å²) < 4.78 is 9.87. The van der Waals surface area contributed by atoms with E-state index in [9.17, 15) is 9.90 Å². The number of esters is 1. The predicted molar refractivity (Wildman–Crippen MR) is 57.5 cm³/mol. The number of carbonyl (C=O) groups is 1. The van der Waals surface area contributed by atoms with E-state index in [1.807, 2.05) is 6.92 Å². The van der Waals surface area contributed by atoms with Crippen LogP contribution in [0.4, 0.5) is 0 Å². The first-order valence-corrected chi connectivity index (χ1v) is 5.47. The fourth-order valence-corrected chi connectivity index (χ4v) is 0.970. The molecule has 15 heavy (non-hydrogen) atoms. The van der Waals surface area contributed by atoms with Crippen molar-refractivity contribution in [2.45, 2.75) is 39.7 Å². The second-order valence-electron chi connectivity index (χ2n) is 3.93. The summed E-state index contributed by atoms with van der Waals surface area (Å²) in [5.74, 6) is 0.241. The van der Waals surface area contributed by atoms with Crippen LogP contribution in [0.2, 0.25) is 0 Å². The normalized spacial score (nSPS) is 12.9. The van der Waals surface area contributed by atoms with Gasteiger partial charge in [0.25, 0.3) is 0 Å². The van der Waals surface area contributed by atoms with E-state index in [0.717, 1.165) is 6.42 Å². The van der Waals surface area contributed by atoms with Gasteiger partial charge in [-0.1, -0.05) is 13.8 Å². The minimum Gasteiger partial charge on any atom is -0.463 e. The molecular formula is C11H22O4. The number of hydrogen-bond donors (Lipinski definition) is 1. The highest BCUT2D eigenvalue weighted by Gasteiger charge is 2.09. The lowest BCUT2D eigenvalue weighted by Gasteiger charge is -2.11. The quantitative estimate of drug-likeness (QED) is 0.625. The van der Waals surface area contributed by atoms with Gasteiger partial charge in [-0.25, -0.2) is 0 Å². The summed E-state index contributed by atoms with van der Waals surface area (Å²) in [7, 11) is 0. The second-order valence-corrected chi connectivity index (χ2v) is 3.93. The molecule has 90 valence electrons. The molecule has 0 heterocycles. The summed E-state index contributed by atoms with van der Waals surface area (Å²) in [5.41, 5.74) is 0. The van der Waals surface area contributed by atoms with Gasteiger partial charge in [0.05, 0.1) is 6.61 Å². The standard InChI is InChI=1S/C11H22O4/c1-4-14-7-10(12)8-15-11(13)6-5-9(2)3/h9-10,12H,4-8H2,1-3H3. The van der Waals surface area contributed by atoms with Crippen LogP contribution in [0.1, 0.15) is 33.6 Å². The third-order valence-corrected chi connectivity index (χ3v) is 1.88. The third kappa shape index (κ3) is 9.69.